The van der Waals surface area contributed by atoms with Crippen LogP contribution < -0.4 is 9.64 Å². The number of rotatable bonds is 6. The van der Waals surface area contributed by atoms with Crippen LogP contribution in [0.15, 0.2) is 79.5 Å². The Bertz CT molecular complexity index is 1260. The topological polar surface area (TPSA) is 41.9 Å². The van der Waals surface area contributed by atoms with E-state index in [1.54, 1.807) is 41.3 Å². The quantitative estimate of drug-likeness (QED) is 0.252. The third kappa shape index (κ3) is 5.89. The Balaban J connectivity index is 1.73. The van der Waals surface area contributed by atoms with Crippen molar-refractivity contribution < 1.29 is 9.53 Å². The van der Waals surface area contributed by atoms with Crippen molar-refractivity contribution in [3.05, 3.63) is 90.1 Å². The predicted octanol–water partition coefficient (Wildman–Crippen LogP) is 9.12. The number of hydrogen-bond acceptors (Lipinski definition) is 4. The van der Waals surface area contributed by atoms with Gasteiger partial charge in [0.2, 0.25) is 0 Å². The van der Waals surface area contributed by atoms with E-state index in [1.165, 1.54) is 11.8 Å². The molecule has 3 aromatic rings. The molecule has 0 unspecified atom stereocenters. The number of benzene rings is 3. The van der Waals surface area contributed by atoms with Crippen molar-refractivity contribution in [2.24, 2.45) is 4.99 Å². The molecule has 4 rings (SSSR count). The summed E-state index contributed by atoms with van der Waals surface area (Å²) >= 11 is 20.5. The Morgan fingerprint density at radius 1 is 1.00 bits per heavy atom. The molecule has 0 aromatic heterocycles. The van der Waals surface area contributed by atoms with Crippen LogP contribution in [0.4, 0.5) is 11.4 Å². The van der Waals surface area contributed by atoms with Gasteiger partial charge in [-0.25, -0.2) is 4.99 Å². The summed E-state index contributed by atoms with van der Waals surface area (Å²) in [6.45, 7) is 2.67. The lowest BCUT2D eigenvalue weighted by molar-refractivity contribution is -0.113. The van der Waals surface area contributed by atoms with Crippen molar-refractivity contribution in [1.29, 1.82) is 0 Å². The zero-order chi connectivity index (χ0) is 24.2. The summed E-state index contributed by atoms with van der Waals surface area (Å²) in [4.78, 5) is 20.3. The number of amidine groups is 1. The van der Waals surface area contributed by atoms with Gasteiger partial charge in [-0.15, -0.1) is 0 Å². The van der Waals surface area contributed by atoms with Crippen LogP contribution in [0.2, 0.25) is 10.0 Å². The molecular formula is C25H18Br2Cl2N2O2S. The summed E-state index contributed by atoms with van der Waals surface area (Å²) in [5.41, 5.74) is 2.23. The molecule has 0 radical (unpaired) electrons. The molecule has 34 heavy (non-hydrogen) atoms. The van der Waals surface area contributed by atoms with Crippen molar-refractivity contribution in [1.82, 2.24) is 0 Å². The number of halogens is 4. The molecule has 0 N–H and O–H groups in total. The Hall–Kier alpha value is -1.77. The average molecular weight is 641 g/mol. The molecule has 0 aliphatic carbocycles. The number of nitrogens with zero attached hydrogens (tertiary/aromatic N) is 2. The summed E-state index contributed by atoms with van der Waals surface area (Å²) in [6, 6.07) is 18.1. The van der Waals surface area contributed by atoms with E-state index >= 15 is 0 Å². The van der Waals surface area contributed by atoms with Crippen LogP contribution in [0.1, 0.15) is 18.9 Å². The second-order valence-electron chi connectivity index (χ2n) is 7.26. The number of aliphatic imine (C=N–C) groups is 1. The molecule has 0 bridgehead atoms. The predicted molar refractivity (Wildman–Crippen MR) is 151 cm³/mol. The number of carbonyl (C=O) groups excluding carboxylic acids is 1. The van der Waals surface area contributed by atoms with Gasteiger partial charge in [-0.05, 0) is 122 Å². The summed E-state index contributed by atoms with van der Waals surface area (Å²) in [6.07, 6.45) is 2.76. The maximum Gasteiger partial charge on any atom is 0.271 e. The Morgan fingerprint density at radius 3 is 2.18 bits per heavy atom. The van der Waals surface area contributed by atoms with Crippen molar-refractivity contribution >= 4 is 95.3 Å². The number of anilines is 1. The molecule has 1 aliphatic heterocycles. The van der Waals surface area contributed by atoms with E-state index in [-0.39, 0.29) is 5.91 Å². The first kappa shape index (κ1) is 25.3. The minimum atomic E-state index is -0.168. The Morgan fingerprint density at radius 2 is 1.59 bits per heavy atom. The van der Waals surface area contributed by atoms with Crippen molar-refractivity contribution in [2.75, 3.05) is 11.5 Å². The number of ether oxygens (including phenoxy) is 1. The standard InChI is InChI=1S/C25H18Br2Cl2N2O2S/c1-2-11-33-23-20(26)12-15(13-21(23)27)14-22-24(32)31(19-9-5-17(29)6-10-19)25(34-22)30-18-7-3-16(28)4-8-18/h3-10,12-14H,2,11H2,1H3/b22-14-,30-25?. The molecule has 1 saturated heterocycles. The number of hydrogen-bond donors (Lipinski definition) is 0. The minimum absolute atomic E-state index is 0.168. The van der Waals surface area contributed by atoms with E-state index < -0.39 is 0 Å². The fourth-order valence-electron chi connectivity index (χ4n) is 3.15. The Labute approximate surface area is 229 Å². The molecular weight excluding hydrogens is 623 g/mol. The van der Waals surface area contributed by atoms with E-state index in [9.17, 15) is 4.79 Å². The normalized spacial score (nSPS) is 16.0. The summed E-state index contributed by atoms with van der Waals surface area (Å²) in [5.74, 6) is 0.570. The van der Waals surface area contributed by atoms with Gasteiger partial charge in [-0.2, -0.15) is 0 Å². The van der Waals surface area contributed by atoms with Crippen molar-refractivity contribution in [3.63, 3.8) is 0 Å². The van der Waals surface area contributed by atoms with Crippen LogP contribution in [0, 0.1) is 0 Å². The van der Waals surface area contributed by atoms with Crippen LogP contribution in [0.25, 0.3) is 6.08 Å². The third-order valence-corrected chi connectivity index (χ3v) is 7.36. The first-order chi connectivity index (χ1) is 16.4. The van der Waals surface area contributed by atoms with E-state index in [0.717, 1.165) is 26.7 Å². The molecule has 0 spiro atoms. The second-order valence-corrected chi connectivity index (χ2v) is 10.9. The van der Waals surface area contributed by atoms with E-state index in [4.69, 9.17) is 32.9 Å². The van der Waals surface area contributed by atoms with Gasteiger partial charge in [0.25, 0.3) is 5.91 Å². The number of thioether (sulfide) groups is 1. The largest absolute Gasteiger partial charge is 0.491 e. The van der Waals surface area contributed by atoms with Crippen molar-refractivity contribution in [3.8, 4) is 5.75 Å². The Kier molecular flexibility index (Phi) is 8.43. The molecule has 0 atom stereocenters. The van der Waals surface area contributed by atoms with E-state index in [0.29, 0.717) is 38.1 Å². The van der Waals surface area contributed by atoms with E-state index in [2.05, 4.69) is 38.8 Å². The number of carbonyl (C=O) groups is 1. The first-order valence-electron chi connectivity index (χ1n) is 10.3. The molecule has 174 valence electrons. The monoisotopic (exact) mass is 638 g/mol. The van der Waals surface area contributed by atoms with Gasteiger partial charge in [0, 0.05) is 10.0 Å². The van der Waals surface area contributed by atoms with Gasteiger partial charge in [-0.3, -0.25) is 9.69 Å². The molecule has 1 fully saturated rings. The SMILES string of the molecule is CCCOc1c(Br)cc(/C=C2\SC(=Nc3ccc(Cl)cc3)N(c3ccc(Cl)cc3)C2=O)cc1Br. The van der Waals surface area contributed by atoms with Gasteiger partial charge in [0.05, 0.1) is 31.8 Å². The first-order valence-corrected chi connectivity index (χ1v) is 13.5. The fourth-order valence-corrected chi connectivity index (χ4v) is 5.85. The fraction of sp³-hybridized carbons (Fsp3) is 0.120. The summed E-state index contributed by atoms with van der Waals surface area (Å²) in [7, 11) is 0. The molecule has 3 aromatic carbocycles. The lowest BCUT2D eigenvalue weighted by Crippen LogP contribution is -2.28. The van der Waals surface area contributed by atoms with Gasteiger partial charge >= 0.3 is 0 Å². The van der Waals surface area contributed by atoms with Crippen LogP contribution in [0.5, 0.6) is 5.75 Å². The highest BCUT2D eigenvalue weighted by atomic mass is 79.9. The molecule has 0 saturated carbocycles. The van der Waals surface area contributed by atoms with Gasteiger partial charge in [-0.1, -0.05) is 30.1 Å². The van der Waals surface area contributed by atoms with Crippen molar-refractivity contribution in [2.45, 2.75) is 13.3 Å². The highest BCUT2D eigenvalue weighted by Crippen LogP contribution is 2.40. The molecule has 1 amide bonds. The van der Waals surface area contributed by atoms with Gasteiger partial charge in [0.15, 0.2) is 5.17 Å². The maximum absolute atomic E-state index is 13.5. The molecule has 4 nitrogen and oxygen atoms in total. The van der Waals surface area contributed by atoms with Gasteiger partial charge in [0.1, 0.15) is 5.75 Å². The smallest absolute Gasteiger partial charge is 0.271 e. The summed E-state index contributed by atoms with van der Waals surface area (Å²) in [5, 5.41) is 1.76. The zero-order valence-corrected chi connectivity index (χ0v) is 23.4. The highest BCUT2D eigenvalue weighted by Gasteiger charge is 2.34. The second kappa shape index (κ2) is 11.3. The molecule has 1 aliphatic rings. The summed E-state index contributed by atoms with van der Waals surface area (Å²) < 4.78 is 7.42. The van der Waals surface area contributed by atoms with E-state index in [1.807, 2.05) is 30.3 Å². The highest BCUT2D eigenvalue weighted by molar-refractivity contribution is 9.11. The van der Waals surface area contributed by atoms with Crippen LogP contribution >= 0.6 is 66.8 Å². The average Bonchev–Trinajstić information content (AvgIpc) is 3.10. The maximum atomic E-state index is 13.5. The van der Waals surface area contributed by atoms with Crippen LogP contribution in [-0.2, 0) is 4.79 Å². The van der Waals surface area contributed by atoms with Gasteiger partial charge < -0.3 is 4.74 Å². The zero-order valence-electron chi connectivity index (χ0n) is 17.9. The minimum Gasteiger partial charge on any atom is -0.491 e. The third-order valence-electron chi connectivity index (χ3n) is 4.71. The number of amides is 1. The molecule has 9 heteroatoms. The van der Waals surface area contributed by atoms with Crippen LogP contribution in [-0.4, -0.2) is 17.7 Å². The lowest BCUT2D eigenvalue weighted by atomic mass is 10.2. The lowest BCUT2D eigenvalue weighted by Gasteiger charge is -2.15. The molecule has 1 heterocycles. The van der Waals surface area contributed by atoms with Crippen LogP contribution in [0.3, 0.4) is 0 Å².